The van der Waals surface area contributed by atoms with Crippen LogP contribution in [0.25, 0.3) is 10.1 Å². The van der Waals surface area contributed by atoms with E-state index in [0.29, 0.717) is 0 Å². The Morgan fingerprint density at radius 2 is 1.95 bits per heavy atom. The Bertz CT molecular complexity index is 774. The summed E-state index contributed by atoms with van der Waals surface area (Å²) in [4.78, 5) is 12.3. The van der Waals surface area contributed by atoms with Gasteiger partial charge in [-0.2, -0.15) is 0 Å². The van der Waals surface area contributed by atoms with Crippen LogP contribution in [0.3, 0.4) is 0 Å². The summed E-state index contributed by atoms with van der Waals surface area (Å²) in [5, 5.41) is 3.14. The van der Waals surface area contributed by atoms with Crippen LogP contribution in [0.4, 0.5) is 4.39 Å². The summed E-state index contributed by atoms with van der Waals surface area (Å²) in [7, 11) is 0. The first kappa shape index (κ1) is 13.3. The average molecular weight is 305 g/mol. The number of hydrogen-bond donors (Lipinski definition) is 0. The number of hydrogen-bond acceptors (Lipinski definition) is 2. The van der Waals surface area contributed by atoms with Crippen molar-refractivity contribution in [1.29, 1.82) is 0 Å². The maximum absolute atomic E-state index is 13.7. The van der Waals surface area contributed by atoms with E-state index in [4.69, 9.17) is 11.6 Å². The monoisotopic (exact) mass is 304 g/mol. The normalized spacial score (nSPS) is 10.9. The van der Waals surface area contributed by atoms with Gasteiger partial charge in [-0.3, -0.25) is 4.79 Å². The third-order valence-electron chi connectivity index (χ3n) is 3.15. The van der Waals surface area contributed by atoms with Crippen LogP contribution in [0.5, 0.6) is 0 Å². The van der Waals surface area contributed by atoms with E-state index >= 15 is 0 Å². The Morgan fingerprint density at radius 3 is 2.75 bits per heavy atom. The first-order chi connectivity index (χ1) is 9.66. The highest BCUT2D eigenvalue weighted by atomic mass is 35.5. The quantitative estimate of drug-likeness (QED) is 0.614. The predicted octanol–water partition coefficient (Wildman–Crippen LogP) is 5.12. The van der Waals surface area contributed by atoms with E-state index in [2.05, 4.69) is 0 Å². The zero-order valence-corrected chi connectivity index (χ0v) is 12.0. The smallest absolute Gasteiger partial charge is 0.171 e. The van der Waals surface area contributed by atoms with E-state index in [0.717, 1.165) is 15.6 Å². The molecule has 1 aromatic heterocycles. The van der Waals surface area contributed by atoms with Crippen LogP contribution < -0.4 is 0 Å². The van der Waals surface area contributed by atoms with Crippen LogP contribution in [0.15, 0.2) is 47.8 Å². The molecule has 20 heavy (non-hydrogen) atoms. The molecule has 1 heterocycles. The van der Waals surface area contributed by atoms with Crippen molar-refractivity contribution in [3.05, 3.63) is 69.8 Å². The lowest BCUT2D eigenvalue weighted by molar-refractivity contribution is 0.0989. The van der Waals surface area contributed by atoms with Crippen LogP contribution >= 0.6 is 22.9 Å². The summed E-state index contributed by atoms with van der Waals surface area (Å²) in [5.74, 6) is -0.862. The minimum Gasteiger partial charge on any atom is -0.294 e. The molecule has 4 heteroatoms. The molecular weight excluding hydrogens is 295 g/mol. The van der Waals surface area contributed by atoms with Gasteiger partial charge >= 0.3 is 0 Å². The lowest BCUT2D eigenvalue weighted by Crippen LogP contribution is -2.06. The van der Waals surface area contributed by atoms with E-state index in [-0.39, 0.29) is 22.8 Å². The van der Waals surface area contributed by atoms with E-state index < -0.39 is 5.82 Å². The molecule has 0 saturated heterocycles. The van der Waals surface area contributed by atoms with Gasteiger partial charge < -0.3 is 0 Å². The van der Waals surface area contributed by atoms with Crippen molar-refractivity contribution in [2.45, 2.75) is 6.42 Å². The fraction of sp³-hybridized carbons (Fsp3) is 0.0625. The van der Waals surface area contributed by atoms with E-state index in [9.17, 15) is 9.18 Å². The number of fused-ring (bicyclic) bond motifs is 1. The molecule has 0 N–H and O–H groups in total. The van der Waals surface area contributed by atoms with Gasteiger partial charge in [0.15, 0.2) is 5.78 Å². The van der Waals surface area contributed by atoms with Crippen molar-refractivity contribution >= 4 is 38.8 Å². The maximum atomic E-state index is 13.7. The largest absolute Gasteiger partial charge is 0.294 e. The Balaban J connectivity index is 1.97. The average Bonchev–Trinajstić information content (AvgIpc) is 2.82. The van der Waals surface area contributed by atoms with Crippen molar-refractivity contribution in [1.82, 2.24) is 0 Å². The van der Waals surface area contributed by atoms with Gasteiger partial charge in [-0.05, 0) is 34.5 Å². The van der Waals surface area contributed by atoms with Gasteiger partial charge in [-0.1, -0.05) is 35.9 Å². The third kappa shape index (κ3) is 2.35. The number of carbonyl (C=O) groups is 1. The highest BCUT2D eigenvalue weighted by Gasteiger charge is 2.17. The van der Waals surface area contributed by atoms with Crippen molar-refractivity contribution in [2.24, 2.45) is 0 Å². The van der Waals surface area contributed by atoms with Crippen LogP contribution in [-0.4, -0.2) is 5.78 Å². The Kier molecular flexibility index (Phi) is 3.55. The molecule has 2 aromatic carbocycles. The first-order valence-electron chi connectivity index (χ1n) is 6.09. The second kappa shape index (κ2) is 5.35. The lowest BCUT2D eigenvalue weighted by atomic mass is 10.0. The SMILES string of the molecule is O=C(Cc1csc2ccccc12)c1c(F)cccc1Cl. The van der Waals surface area contributed by atoms with Gasteiger partial charge in [0.25, 0.3) is 0 Å². The molecular formula is C16H10ClFOS. The molecule has 0 aliphatic heterocycles. The number of benzene rings is 2. The highest BCUT2D eigenvalue weighted by molar-refractivity contribution is 7.17. The molecule has 100 valence electrons. The maximum Gasteiger partial charge on any atom is 0.171 e. The predicted molar refractivity (Wildman–Crippen MR) is 81.3 cm³/mol. The Morgan fingerprint density at radius 1 is 1.15 bits per heavy atom. The molecule has 0 aliphatic carbocycles. The zero-order chi connectivity index (χ0) is 14.1. The second-order valence-electron chi connectivity index (χ2n) is 4.45. The molecule has 0 amide bonds. The van der Waals surface area contributed by atoms with Crippen molar-refractivity contribution in [3.8, 4) is 0 Å². The topological polar surface area (TPSA) is 17.1 Å². The summed E-state index contributed by atoms with van der Waals surface area (Å²) in [6.45, 7) is 0. The summed E-state index contributed by atoms with van der Waals surface area (Å²) in [6.07, 6.45) is 0.157. The molecule has 0 spiro atoms. The summed E-state index contributed by atoms with van der Waals surface area (Å²) < 4.78 is 14.9. The summed E-state index contributed by atoms with van der Waals surface area (Å²) in [5.41, 5.74) is 0.888. The van der Waals surface area contributed by atoms with Crippen LogP contribution in [-0.2, 0) is 6.42 Å². The van der Waals surface area contributed by atoms with E-state index in [1.807, 2.05) is 29.6 Å². The summed E-state index contributed by atoms with van der Waals surface area (Å²) >= 11 is 7.51. The third-order valence-corrected chi connectivity index (χ3v) is 4.48. The number of ketones is 1. The summed E-state index contributed by atoms with van der Waals surface area (Å²) in [6, 6.07) is 12.1. The van der Waals surface area contributed by atoms with Gasteiger partial charge in [-0.25, -0.2) is 4.39 Å². The Hall–Kier alpha value is -1.71. The fourth-order valence-corrected chi connectivity index (χ4v) is 3.43. The second-order valence-corrected chi connectivity index (χ2v) is 5.77. The van der Waals surface area contributed by atoms with Gasteiger partial charge in [0.05, 0.1) is 10.6 Å². The molecule has 0 saturated carbocycles. The standard InChI is InChI=1S/C16H10ClFOS/c17-12-5-3-6-13(18)16(12)14(19)8-10-9-20-15-7-2-1-4-11(10)15/h1-7,9H,8H2. The molecule has 0 bridgehead atoms. The molecule has 0 atom stereocenters. The molecule has 0 aliphatic rings. The first-order valence-corrected chi connectivity index (χ1v) is 7.35. The van der Waals surface area contributed by atoms with E-state index in [1.165, 1.54) is 18.2 Å². The van der Waals surface area contributed by atoms with E-state index in [1.54, 1.807) is 11.3 Å². The van der Waals surface area contributed by atoms with Crippen LogP contribution in [0.1, 0.15) is 15.9 Å². The van der Waals surface area contributed by atoms with Crippen LogP contribution in [0, 0.1) is 5.82 Å². The molecule has 3 aromatic rings. The van der Waals surface area contributed by atoms with Gasteiger partial charge in [0, 0.05) is 11.1 Å². The highest BCUT2D eigenvalue weighted by Crippen LogP contribution is 2.28. The molecule has 3 rings (SSSR count). The number of thiophene rings is 1. The lowest BCUT2D eigenvalue weighted by Gasteiger charge is -2.04. The molecule has 0 unspecified atom stereocenters. The Labute approximate surface area is 124 Å². The van der Waals surface area contributed by atoms with Gasteiger partial charge in [0.2, 0.25) is 0 Å². The number of Topliss-reactive ketones (excluding diaryl/α,β-unsaturated/α-hetero) is 1. The van der Waals surface area contributed by atoms with Crippen molar-refractivity contribution in [3.63, 3.8) is 0 Å². The van der Waals surface area contributed by atoms with Crippen LogP contribution in [0.2, 0.25) is 5.02 Å². The number of carbonyl (C=O) groups excluding carboxylic acids is 1. The number of halogens is 2. The van der Waals surface area contributed by atoms with Gasteiger partial charge in [0.1, 0.15) is 5.82 Å². The zero-order valence-electron chi connectivity index (χ0n) is 10.4. The minimum absolute atomic E-state index is 0.0237. The van der Waals surface area contributed by atoms with Crippen molar-refractivity contribution in [2.75, 3.05) is 0 Å². The van der Waals surface area contributed by atoms with Gasteiger partial charge in [-0.15, -0.1) is 11.3 Å². The molecule has 0 radical (unpaired) electrons. The molecule has 0 fully saturated rings. The number of rotatable bonds is 3. The van der Waals surface area contributed by atoms with Crippen molar-refractivity contribution < 1.29 is 9.18 Å². The fourth-order valence-electron chi connectivity index (χ4n) is 2.20. The molecule has 1 nitrogen and oxygen atoms in total. The minimum atomic E-state index is -0.568.